The SMILES string of the molecule is Cc1ccc(S(=O)(=O)Nc2ccccn2)cc1Cl. The van der Waals surface area contributed by atoms with Gasteiger partial charge in [0.25, 0.3) is 10.0 Å². The maximum Gasteiger partial charge on any atom is 0.263 e. The van der Waals surface area contributed by atoms with Gasteiger partial charge < -0.3 is 0 Å². The molecule has 0 atom stereocenters. The summed E-state index contributed by atoms with van der Waals surface area (Å²) in [5, 5.41) is 0.416. The van der Waals surface area contributed by atoms with Crippen LogP contribution in [0.15, 0.2) is 47.5 Å². The van der Waals surface area contributed by atoms with Crippen molar-refractivity contribution < 1.29 is 8.42 Å². The lowest BCUT2D eigenvalue weighted by atomic mass is 10.2. The standard InChI is InChI=1S/C12H11ClN2O2S/c1-9-5-6-10(8-11(9)13)18(16,17)15-12-4-2-3-7-14-12/h2-8H,1H3,(H,14,15). The van der Waals surface area contributed by atoms with Gasteiger partial charge in [-0.05, 0) is 36.8 Å². The van der Waals surface area contributed by atoms with Gasteiger partial charge in [0.15, 0.2) is 0 Å². The number of rotatable bonds is 3. The van der Waals surface area contributed by atoms with Crippen molar-refractivity contribution in [2.24, 2.45) is 0 Å². The van der Waals surface area contributed by atoms with Crippen LogP contribution in [0.2, 0.25) is 5.02 Å². The number of anilines is 1. The van der Waals surface area contributed by atoms with Gasteiger partial charge in [0.2, 0.25) is 0 Å². The van der Waals surface area contributed by atoms with Gasteiger partial charge in [-0.2, -0.15) is 0 Å². The highest BCUT2D eigenvalue weighted by atomic mass is 35.5. The Morgan fingerprint density at radius 1 is 1.22 bits per heavy atom. The highest BCUT2D eigenvalue weighted by Crippen LogP contribution is 2.21. The van der Waals surface area contributed by atoms with Crippen molar-refractivity contribution in [3.8, 4) is 0 Å². The van der Waals surface area contributed by atoms with E-state index in [1.807, 2.05) is 6.92 Å². The summed E-state index contributed by atoms with van der Waals surface area (Å²) in [5.41, 5.74) is 0.827. The second-order valence-electron chi connectivity index (χ2n) is 3.73. The first-order valence-corrected chi connectivity index (χ1v) is 7.05. The van der Waals surface area contributed by atoms with Crippen LogP contribution < -0.4 is 4.72 Å². The third-order valence-corrected chi connectivity index (χ3v) is 4.12. The predicted octanol–water partition coefficient (Wildman–Crippen LogP) is 2.84. The molecule has 0 aliphatic carbocycles. The van der Waals surface area contributed by atoms with Gasteiger partial charge in [-0.3, -0.25) is 4.72 Å². The van der Waals surface area contributed by atoms with Crippen LogP contribution in [0.5, 0.6) is 0 Å². The Hall–Kier alpha value is -1.59. The molecule has 0 bridgehead atoms. The quantitative estimate of drug-likeness (QED) is 0.942. The molecule has 0 amide bonds. The first kappa shape index (κ1) is 12.9. The van der Waals surface area contributed by atoms with Crippen LogP contribution in [0.3, 0.4) is 0 Å². The molecule has 0 radical (unpaired) electrons. The van der Waals surface area contributed by atoms with Crippen molar-refractivity contribution >= 4 is 27.4 Å². The van der Waals surface area contributed by atoms with Crippen molar-refractivity contribution in [1.29, 1.82) is 0 Å². The lowest BCUT2D eigenvalue weighted by Crippen LogP contribution is -2.13. The Bertz CT molecular complexity index is 657. The molecule has 2 aromatic rings. The average molecular weight is 283 g/mol. The molecule has 0 aliphatic heterocycles. The highest BCUT2D eigenvalue weighted by Gasteiger charge is 2.15. The van der Waals surface area contributed by atoms with E-state index in [2.05, 4.69) is 9.71 Å². The van der Waals surface area contributed by atoms with Crippen LogP contribution in [0.25, 0.3) is 0 Å². The van der Waals surface area contributed by atoms with Gasteiger partial charge in [0.1, 0.15) is 5.82 Å². The first-order valence-electron chi connectivity index (χ1n) is 5.19. The lowest BCUT2D eigenvalue weighted by molar-refractivity contribution is 0.601. The van der Waals surface area contributed by atoms with Crippen molar-refractivity contribution in [3.05, 3.63) is 53.2 Å². The van der Waals surface area contributed by atoms with E-state index in [1.165, 1.54) is 18.3 Å². The van der Waals surface area contributed by atoms with Gasteiger partial charge in [-0.1, -0.05) is 23.7 Å². The Kier molecular flexibility index (Phi) is 3.54. The summed E-state index contributed by atoms with van der Waals surface area (Å²) in [6.07, 6.45) is 1.51. The minimum Gasteiger partial charge on any atom is -0.263 e. The van der Waals surface area contributed by atoms with E-state index in [9.17, 15) is 8.42 Å². The molecular weight excluding hydrogens is 272 g/mol. The van der Waals surface area contributed by atoms with E-state index >= 15 is 0 Å². The lowest BCUT2D eigenvalue weighted by Gasteiger charge is -2.08. The fourth-order valence-electron chi connectivity index (χ4n) is 1.36. The molecule has 6 heteroatoms. The van der Waals surface area contributed by atoms with Crippen molar-refractivity contribution in [1.82, 2.24) is 4.98 Å². The zero-order valence-corrected chi connectivity index (χ0v) is 11.2. The Balaban J connectivity index is 2.34. The summed E-state index contributed by atoms with van der Waals surface area (Å²) in [5.74, 6) is 0.272. The van der Waals surface area contributed by atoms with Gasteiger partial charge in [-0.15, -0.1) is 0 Å². The summed E-state index contributed by atoms with van der Waals surface area (Å²) in [6.45, 7) is 1.81. The molecular formula is C12H11ClN2O2S. The fraction of sp³-hybridized carbons (Fsp3) is 0.0833. The molecule has 1 aromatic heterocycles. The molecule has 1 N–H and O–H groups in total. The smallest absolute Gasteiger partial charge is 0.263 e. The zero-order valence-electron chi connectivity index (χ0n) is 9.59. The molecule has 0 saturated carbocycles. The number of hydrogen-bond donors (Lipinski definition) is 1. The summed E-state index contributed by atoms with van der Waals surface area (Å²) in [4.78, 5) is 4.02. The highest BCUT2D eigenvalue weighted by molar-refractivity contribution is 7.92. The molecule has 94 valence electrons. The third kappa shape index (κ3) is 2.80. The minimum atomic E-state index is -3.65. The fourth-order valence-corrected chi connectivity index (χ4v) is 2.64. The van der Waals surface area contributed by atoms with E-state index in [0.717, 1.165) is 5.56 Å². The molecule has 0 fully saturated rings. The van der Waals surface area contributed by atoms with Crippen molar-refractivity contribution in [2.45, 2.75) is 11.8 Å². The van der Waals surface area contributed by atoms with E-state index in [4.69, 9.17) is 11.6 Å². The van der Waals surface area contributed by atoms with Gasteiger partial charge >= 0.3 is 0 Å². The number of hydrogen-bond acceptors (Lipinski definition) is 3. The Labute approximate surface area is 111 Å². The van der Waals surface area contributed by atoms with Gasteiger partial charge in [-0.25, -0.2) is 13.4 Å². The molecule has 0 spiro atoms. The number of pyridine rings is 1. The van der Waals surface area contributed by atoms with Crippen LogP contribution in [0.4, 0.5) is 5.82 Å². The number of halogens is 1. The van der Waals surface area contributed by atoms with Gasteiger partial charge in [0.05, 0.1) is 4.90 Å². The summed E-state index contributed by atoms with van der Waals surface area (Å²) in [6, 6.07) is 9.57. The Morgan fingerprint density at radius 3 is 2.61 bits per heavy atom. The number of nitrogens with one attached hydrogen (secondary N) is 1. The monoisotopic (exact) mass is 282 g/mol. The van der Waals surface area contributed by atoms with E-state index < -0.39 is 10.0 Å². The number of nitrogens with zero attached hydrogens (tertiary/aromatic N) is 1. The van der Waals surface area contributed by atoms with Gasteiger partial charge in [0, 0.05) is 11.2 Å². The number of aryl methyl sites for hydroxylation is 1. The number of sulfonamides is 1. The van der Waals surface area contributed by atoms with E-state index in [1.54, 1.807) is 24.3 Å². The zero-order chi connectivity index (χ0) is 13.2. The van der Waals surface area contributed by atoms with Crippen LogP contribution in [0.1, 0.15) is 5.56 Å². The predicted molar refractivity (Wildman–Crippen MR) is 71.2 cm³/mol. The average Bonchev–Trinajstić information content (AvgIpc) is 2.33. The molecule has 0 aliphatic rings. The summed E-state index contributed by atoms with van der Waals surface area (Å²) >= 11 is 5.92. The molecule has 0 unspecified atom stereocenters. The third-order valence-electron chi connectivity index (χ3n) is 2.36. The number of benzene rings is 1. The van der Waals surface area contributed by atoms with Crippen LogP contribution in [-0.2, 0) is 10.0 Å². The molecule has 1 aromatic carbocycles. The van der Waals surface area contributed by atoms with Crippen LogP contribution in [-0.4, -0.2) is 13.4 Å². The maximum atomic E-state index is 12.1. The van der Waals surface area contributed by atoms with E-state index in [-0.39, 0.29) is 10.7 Å². The molecule has 2 rings (SSSR count). The normalized spacial score (nSPS) is 11.2. The first-order chi connectivity index (χ1) is 8.49. The largest absolute Gasteiger partial charge is 0.263 e. The molecule has 4 nitrogen and oxygen atoms in total. The summed E-state index contributed by atoms with van der Waals surface area (Å²) < 4.78 is 26.5. The summed E-state index contributed by atoms with van der Waals surface area (Å²) in [7, 11) is -3.65. The molecule has 1 heterocycles. The Morgan fingerprint density at radius 2 is 2.00 bits per heavy atom. The van der Waals surface area contributed by atoms with Crippen molar-refractivity contribution in [3.63, 3.8) is 0 Å². The van der Waals surface area contributed by atoms with E-state index in [0.29, 0.717) is 5.02 Å². The van der Waals surface area contributed by atoms with Crippen LogP contribution in [0, 0.1) is 6.92 Å². The second kappa shape index (κ2) is 4.96. The van der Waals surface area contributed by atoms with Crippen LogP contribution >= 0.6 is 11.6 Å². The minimum absolute atomic E-state index is 0.115. The molecule has 0 saturated heterocycles. The molecule has 18 heavy (non-hydrogen) atoms. The van der Waals surface area contributed by atoms with Crippen molar-refractivity contribution in [2.75, 3.05) is 4.72 Å². The second-order valence-corrected chi connectivity index (χ2v) is 5.82. The number of aromatic nitrogens is 1. The maximum absolute atomic E-state index is 12.1. The topological polar surface area (TPSA) is 59.1 Å².